The second kappa shape index (κ2) is 8.93. The number of nitrogens with zero attached hydrogens (tertiary/aromatic N) is 2. The van der Waals surface area contributed by atoms with Crippen LogP contribution in [0.3, 0.4) is 0 Å². The highest BCUT2D eigenvalue weighted by molar-refractivity contribution is 9.10. The number of carbonyl (C=O) groups excluding carboxylic acids is 1. The van der Waals surface area contributed by atoms with Gasteiger partial charge in [-0.3, -0.25) is 9.69 Å². The van der Waals surface area contributed by atoms with E-state index in [4.69, 9.17) is 0 Å². The highest BCUT2D eigenvalue weighted by Gasteiger charge is 2.29. The summed E-state index contributed by atoms with van der Waals surface area (Å²) in [6.07, 6.45) is -3.15. The molecule has 0 saturated carbocycles. The number of rotatable bonds is 4. The van der Waals surface area contributed by atoms with Gasteiger partial charge in [0.25, 0.3) is 12.3 Å². The molecule has 2 aromatic rings. The van der Waals surface area contributed by atoms with Crippen LogP contribution in [0.15, 0.2) is 34.8 Å². The summed E-state index contributed by atoms with van der Waals surface area (Å²) in [4.78, 5) is 16.9. The van der Waals surface area contributed by atoms with Crippen LogP contribution < -0.4 is 10.2 Å². The van der Waals surface area contributed by atoms with E-state index in [9.17, 15) is 22.4 Å². The number of amides is 1. The molecule has 2 aromatic carbocycles. The SMILES string of the molecule is C[C@@H]1CN(c2cc(F)c(Br)cc2NC(=O)c2cccc(F)c2C(F)F)C[C@H](C)N1C. The normalized spacial score (nSPS) is 20.0. The molecule has 0 aliphatic carbocycles. The molecule has 0 bridgehead atoms. The largest absolute Gasteiger partial charge is 0.367 e. The summed E-state index contributed by atoms with van der Waals surface area (Å²) >= 11 is 3.10. The van der Waals surface area contributed by atoms with Crippen molar-refractivity contribution in [3.8, 4) is 0 Å². The topological polar surface area (TPSA) is 35.6 Å². The number of halogens is 5. The molecule has 162 valence electrons. The fourth-order valence-corrected chi connectivity index (χ4v) is 3.99. The molecule has 3 rings (SSSR count). The zero-order valence-electron chi connectivity index (χ0n) is 16.7. The molecular weight excluding hydrogens is 466 g/mol. The summed E-state index contributed by atoms with van der Waals surface area (Å²) in [6, 6.07) is 6.25. The maximum absolute atomic E-state index is 14.3. The Balaban J connectivity index is 1.98. The molecule has 1 heterocycles. The molecule has 1 fully saturated rings. The molecule has 2 atom stereocenters. The number of benzene rings is 2. The van der Waals surface area contributed by atoms with Gasteiger partial charge in [-0.05, 0) is 55.0 Å². The van der Waals surface area contributed by atoms with Crippen LogP contribution in [0.5, 0.6) is 0 Å². The van der Waals surface area contributed by atoms with Gasteiger partial charge in [0, 0.05) is 31.2 Å². The maximum Gasteiger partial charge on any atom is 0.267 e. The number of nitrogens with one attached hydrogen (secondary N) is 1. The van der Waals surface area contributed by atoms with Gasteiger partial charge in [-0.25, -0.2) is 17.6 Å². The standard InChI is InChI=1S/C21H22BrF4N3O/c1-11-9-29(10-12(2)28(11)3)18-8-16(24)14(22)7-17(18)27-21(30)13-5-4-6-15(23)19(13)20(25)26/h4-8,11-12,20H,9-10H2,1-3H3,(H,27,30)/t11-,12+. The van der Waals surface area contributed by atoms with E-state index >= 15 is 0 Å². The van der Waals surface area contributed by atoms with E-state index in [-0.39, 0.29) is 22.2 Å². The van der Waals surface area contributed by atoms with Crippen molar-refractivity contribution in [2.24, 2.45) is 0 Å². The lowest BCUT2D eigenvalue weighted by molar-refractivity contribution is 0.100. The maximum atomic E-state index is 14.3. The lowest BCUT2D eigenvalue weighted by atomic mass is 10.1. The van der Waals surface area contributed by atoms with Crippen LogP contribution in [0.4, 0.5) is 28.9 Å². The number of hydrogen-bond acceptors (Lipinski definition) is 3. The molecule has 9 heteroatoms. The van der Waals surface area contributed by atoms with Crippen molar-refractivity contribution >= 4 is 33.2 Å². The quantitative estimate of drug-likeness (QED) is 0.582. The van der Waals surface area contributed by atoms with Crippen molar-refractivity contribution in [3.63, 3.8) is 0 Å². The fraction of sp³-hybridized carbons (Fsp3) is 0.381. The summed E-state index contributed by atoms with van der Waals surface area (Å²) in [5.41, 5.74) is -0.733. The van der Waals surface area contributed by atoms with E-state index in [0.29, 0.717) is 18.8 Å². The van der Waals surface area contributed by atoms with E-state index in [2.05, 4.69) is 26.1 Å². The van der Waals surface area contributed by atoms with Gasteiger partial charge in [0.05, 0.1) is 27.0 Å². The minimum Gasteiger partial charge on any atom is -0.367 e. The first-order valence-corrected chi connectivity index (χ1v) is 10.2. The molecule has 0 radical (unpaired) electrons. The highest BCUT2D eigenvalue weighted by atomic mass is 79.9. The number of anilines is 2. The molecular formula is C21H22BrF4N3O. The number of likely N-dealkylation sites (N-methyl/N-ethyl adjacent to an activating group) is 1. The number of piperazine rings is 1. The molecule has 0 aromatic heterocycles. The Bertz CT molecular complexity index is 944. The Labute approximate surface area is 181 Å². The van der Waals surface area contributed by atoms with Crippen molar-refractivity contribution in [2.75, 3.05) is 30.4 Å². The zero-order valence-corrected chi connectivity index (χ0v) is 18.3. The van der Waals surface area contributed by atoms with Gasteiger partial charge < -0.3 is 10.2 Å². The molecule has 0 unspecified atom stereocenters. The summed E-state index contributed by atoms with van der Waals surface area (Å²) < 4.78 is 54.9. The van der Waals surface area contributed by atoms with Gasteiger partial charge >= 0.3 is 0 Å². The third-order valence-corrected chi connectivity index (χ3v) is 6.11. The Morgan fingerprint density at radius 3 is 2.37 bits per heavy atom. The van der Waals surface area contributed by atoms with E-state index in [1.54, 1.807) is 0 Å². The average Bonchev–Trinajstić information content (AvgIpc) is 2.67. The van der Waals surface area contributed by atoms with Gasteiger partial charge in [0.15, 0.2) is 0 Å². The van der Waals surface area contributed by atoms with E-state index in [1.807, 2.05) is 25.8 Å². The van der Waals surface area contributed by atoms with Crippen LogP contribution in [0.1, 0.15) is 36.2 Å². The van der Waals surface area contributed by atoms with Crippen molar-refractivity contribution in [1.29, 1.82) is 0 Å². The van der Waals surface area contributed by atoms with Gasteiger partial charge in [0.2, 0.25) is 0 Å². The molecule has 1 N–H and O–H groups in total. The summed E-state index contributed by atoms with van der Waals surface area (Å²) in [5, 5.41) is 2.56. The molecule has 1 saturated heterocycles. The van der Waals surface area contributed by atoms with Crippen molar-refractivity contribution < 1.29 is 22.4 Å². The second-order valence-electron chi connectivity index (χ2n) is 7.51. The third kappa shape index (κ3) is 4.46. The lowest BCUT2D eigenvalue weighted by Crippen LogP contribution is -2.55. The van der Waals surface area contributed by atoms with Crippen molar-refractivity contribution in [2.45, 2.75) is 32.4 Å². The molecule has 4 nitrogen and oxygen atoms in total. The minimum atomic E-state index is -3.15. The van der Waals surface area contributed by atoms with Gasteiger partial charge in [0.1, 0.15) is 11.6 Å². The van der Waals surface area contributed by atoms with Gasteiger partial charge in [-0.15, -0.1) is 0 Å². The Morgan fingerprint density at radius 1 is 1.13 bits per heavy atom. The molecule has 1 aliphatic rings. The van der Waals surface area contributed by atoms with E-state index < -0.39 is 35.1 Å². The first kappa shape index (κ1) is 22.6. The predicted octanol–water partition coefficient (Wildman–Crippen LogP) is 5.45. The zero-order chi connectivity index (χ0) is 22.2. The molecule has 30 heavy (non-hydrogen) atoms. The first-order valence-electron chi connectivity index (χ1n) is 9.44. The second-order valence-corrected chi connectivity index (χ2v) is 8.36. The smallest absolute Gasteiger partial charge is 0.267 e. The Hall–Kier alpha value is -2.13. The van der Waals surface area contributed by atoms with Crippen LogP contribution in [0, 0.1) is 11.6 Å². The minimum absolute atomic E-state index is 0.116. The summed E-state index contributed by atoms with van der Waals surface area (Å²) in [5.74, 6) is -2.55. The van der Waals surface area contributed by atoms with E-state index in [0.717, 1.165) is 12.1 Å². The van der Waals surface area contributed by atoms with Gasteiger partial charge in [-0.2, -0.15) is 0 Å². The molecule has 1 aliphatic heterocycles. The third-order valence-electron chi connectivity index (χ3n) is 5.50. The Morgan fingerprint density at radius 2 is 1.77 bits per heavy atom. The van der Waals surface area contributed by atoms with Crippen LogP contribution in [0.25, 0.3) is 0 Å². The Kier molecular flexibility index (Phi) is 6.71. The highest BCUT2D eigenvalue weighted by Crippen LogP contribution is 2.35. The predicted molar refractivity (Wildman–Crippen MR) is 112 cm³/mol. The molecule has 0 spiro atoms. The number of carbonyl (C=O) groups is 1. The van der Waals surface area contributed by atoms with Crippen LogP contribution >= 0.6 is 15.9 Å². The fourth-order valence-electron chi connectivity index (χ4n) is 3.65. The van der Waals surface area contributed by atoms with Crippen LogP contribution in [-0.2, 0) is 0 Å². The monoisotopic (exact) mass is 487 g/mol. The summed E-state index contributed by atoms with van der Waals surface area (Å²) in [6.45, 7) is 5.26. The van der Waals surface area contributed by atoms with Gasteiger partial charge in [-0.1, -0.05) is 6.07 Å². The lowest BCUT2D eigenvalue weighted by Gasteiger charge is -2.44. The summed E-state index contributed by atoms with van der Waals surface area (Å²) in [7, 11) is 2.01. The van der Waals surface area contributed by atoms with Crippen molar-refractivity contribution in [3.05, 3.63) is 57.6 Å². The number of alkyl halides is 2. The van der Waals surface area contributed by atoms with E-state index in [1.165, 1.54) is 18.2 Å². The first-order chi connectivity index (χ1) is 14.1. The van der Waals surface area contributed by atoms with Crippen LogP contribution in [-0.4, -0.2) is 43.0 Å². The number of hydrogen-bond donors (Lipinski definition) is 1. The average molecular weight is 488 g/mol. The van der Waals surface area contributed by atoms with Crippen molar-refractivity contribution in [1.82, 2.24) is 4.90 Å². The molecule has 1 amide bonds. The van der Waals surface area contributed by atoms with Crippen LogP contribution in [0.2, 0.25) is 0 Å².